The molecular formula is C48H34F24O9S5. The fraction of sp³-hybridized carbons (Fsp3) is 0.250. The molecule has 38 heteroatoms. The average molecular weight is 1370 g/mol. The van der Waals surface area contributed by atoms with Crippen LogP contribution in [0.1, 0.15) is 6.92 Å². The molecule has 6 aromatic carbocycles. The molecule has 478 valence electrons. The normalized spacial score (nSPS) is 13.6. The molecule has 9 nitrogen and oxygen atoms in total. The SMILES string of the molecule is CC(F)(F)C(F)(F)C(F)(F)S(=O)(=O)O.O=S(=O)([O-])C(F)(F)C(F)(F)C(F)(F)C(F)(F)F.O=S(=O)([O-])C(F)(F)C(F)(F)C(F)(F)C(F)(F)F.c1ccc([S+](c2ccccc2)c2ccccc2)cc1.c1ccc([S+](c2ccccc2)c2ccccc2)cc1. The number of hydrogen-bond acceptors (Lipinski definition) is 8. The van der Waals surface area contributed by atoms with Gasteiger partial charge in [0.15, 0.2) is 49.6 Å². The Morgan fingerprint density at radius 2 is 0.453 bits per heavy atom. The van der Waals surface area contributed by atoms with E-state index in [0.29, 0.717) is 0 Å². The maximum atomic E-state index is 12.2. The molecular weight excluding hydrogens is 1340 g/mol. The van der Waals surface area contributed by atoms with Crippen molar-refractivity contribution in [1.82, 2.24) is 0 Å². The van der Waals surface area contributed by atoms with E-state index in [-0.39, 0.29) is 21.8 Å². The maximum Gasteiger partial charge on any atom is 0.460 e. The van der Waals surface area contributed by atoms with Crippen LogP contribution in [0.25, 0.3) is 0 Å². The third-order valence-electron chi connectivity index (χ3n) is 9.97. The molecule has 0 unspecified atom stereocenters. The predicted molar refractivity (Wildman–Crippen MR) is 256 cm³/mol. The van der Waals surface area contributed by atoms with E-state index in [4.69, 9.17) is 4.55 Å². The Hall–Kier alpha value is -5.93. The minimum atomic E-state index is -7.43. The zero-order chi connectivity index (χ0) is 66.8. The summed E-state index contributed by atoms with van der Waals surface area (Å²) in [7, 11) is -21.5. The minimum absolute atomic E-state index is 0.0146. The van der Waals surface area contributed by atoms with Gasteiger partial charge in [-0.05, 0) is 72.8 Å². The molecule has 0 aliphatic heterocycles. The molecule has 1 N–H and O–H groups in total. The summed E-state index contributed by atoms with van der Waals surface area (Å²) in [5.74, 6) is -41.1. The average Bonchev–Trinajstić information content (AvgIpc) is 0.779. The first kappa shape index (κ1) is 76.2. The maximum absolute atomic E-state index is 12.2. The zero-order valence-electron chi connectivity index (χ0n) is 41.6. The molecule has 0 bridgehead atoms. The lowest BCUT2D eigenvalue weighted by Crippen LogP contribution is -2.63. The van der Waals surface area contributed by atoms with E-state index in [1.165, 1.54) is 29.4 Å². The third-order valence-corrected chi connectivity index (χ3v) is 17.1. The van der Waals surface area contributed by atoms with Gasteiger partial charge in [0.1, 0.15) is 0 Å². The summed E-state index contributed by atoms with van der Waals surface area (Å²) in [6.45, 7) is -0.591. The molecule has 6 aromatic rings. The number of benzene rings is 6. The Morgan fingerprint density at radius 3 is 0.558 bits per heavy atom. The van der Waals surface area contributed by atoms with Crippen molar-refractivity contribution in [2.24, 2.45) is 0 Å². The van der Waals surface area contributed by atoms with E-state index in [2.05, 4.69) is 182 Å². The van der Waals surface area contributed by atoms with Gasteiger partial charge < -0.3 is 9.11 Å². The van der Waals surface area contributed by atoms with Crippen LogP contribution < -0.4 is 0 Å². The highest BCUT2D eigenvalue weighted by molar-refractivity contribution is 7.97. The zero-order valence-corrected chi connectivity index (χ0v) is 45.7. The van der Waals surface area contributed by atoms with Crippen molar-refractivity contribution in [3.05, 3.63) is 182 Å². The van der Waals surface area contributed by atoms with Crippen molar-refractivity contribution in [2.45, 2.75) is 99.9 Å². The highest BCUT2D eigenvalue weighted by atomic mass is 32.2. The van der Waals surface area contributed by atoms with Crippen LogP contribution in [0.5, 0.6) is 0 Å². The van der Waals surface area contributed by atoms with Crippen LogP contribution >= 0.6 is 0 Å². The summed E-state index contributed by atoms with van der Waals surface area (Å²) in [5.41, 5.74) is 0. The van der Waals surface area contributed by atoms with Gasteiger partial charge in [0.2, 0.25) is 0 Å². The molecule has 0 atom stereocenters. The van der Waals surface area contributed by atoms with Gasteiger partial charge in [-0.15, -0.1) is 0 Å². The van der Waals surface area contributed by atoms with Crippen LogP contribution in [0.15, 0.2) is 211 Å². The van der Waals surface area contributed by atoms with Crippen LogP contribution in [0, 0.1) is 0 Å². The number of alkyl halides is 24. The number of hydrogen-bond donors (Lipinski definition) is 1. The van der Waals surface area contributed by atoms with Gasteiger partial charge in [-0.2, -0.15) is 114 Å². The minimum Gasteiger partial charge on any atom is -0.743 e. The molecule has 0 saturated heterocycles. The smallest absolute Gasteiger partial charge is 0.460 e. The van der Waals surface area contributed by atoms with Gasteiger partial charge in [-0.1, -0.05) is 109 Å². The molecule has 0 saturated carbocycles. The van der Waals surface area contributed by atoms with Crippen LogP contribution in [0.4, 0.5) is 105 Å². The van der Waals surface area contributed by atoms with E-state index in [1.54, 1.807) is 0 Å². The quantitative estimate of drug-likeness (QED) is 0.0597. The summed E-state index contributed by atoms with van der Waals surface area (Å²) in [4.78, 5) is 8.17. The van der Waals surface area contributed by atoms with Crippen LogP contribution in [0.3, 0.4) is 0 Å². The summed E-state index contributed by atoms with van der Waals surface area (Å²) in [5, 5.41) is -20.5. The largest absolute Gasteiger partial charge is 0.743 e. The molecule has 0 heterocycles. The molecule has 0 spiro atoms. The topological polar surface area (TPSA) is 169 Å². The summed E-state index contributed by atoms with van der Waals surface area (Å²) >= 11 is 0. The highest BCUT2D eigenvalue weighted by Gasteiger charge is 2.85. The van der Waals surface area contributed by atoms with Crippen LogP contribution in [0.2, 0.25) is 0 Å². The number of rotatable bonds is 15. The first-order valence-electron chi connectivity index (χ1n) is 21.9. The lowest BCUT2D eigenvalue weighted by atomic mass is 10.1. The highest BCUT2D eigenvalue weighted by Crippen LogP contribution is 2.56. The fourth-order valence-electron chi connectivity index (χ4n) is 5.61. The van der Waals surface area contributed by atoms with Crippen molar-refractivity contribution in [1.29, 1.82) is 0 Å². The van der Waals surface area contributed by atoms with Crippen LogP contribution in [-0.4, -0.2) is 103 Å². The molecule has 0 radical (unpaired) electrons. The van der Waals surface area contributed by atoms with Gasteiger partial charge >= 0.3 is 73.8 Å². The van der Waals surface area contributed by atoms with Gasteiger partial charge in [0, 0.05) is 6.92 Å². The second kappa shape index (κ2) is 27.6. The van der Waals surface area contributed by atoms with E-state index in [0.717, 1.165) is 0 Å². The van der Waals surface area contributed by atoms with E-state index < -0.39 is 101 Å². The summed E-state index contributed by atoms with van der Waals surface area (Å²) in [6.07, 6.45) is -14.3. The second-order valence-corrected chi connectivity index (χ2v) is 24.5. The predicted octanol–water partition coefficient (Wildman–Crippen LogP) is 15.2. The van der Waals surface area contributed by atoms with Crippen molar-refractivity contribution in [3.8, 4) is 0 Å². The van der Waals surface area contributed by atoms with Crippen molar-refractivity contribution in [3.63, 3.8) is 0 Å². The molecule has 0 fully saturated rings. The lowest BCUT2D eigenvalue weighted by molar-refractivity contribution is -0.382. The molecule has 0 aliphatic rings. The second-order valence-electron chi connectivity index (χ2n) is 16.2. The van der Waals surface area contributed by atoms with E-state index >= 15 is 0 Å². The number of halogens is 24. The van der Waals surface area contributed by atoms with Crippen molar-refractivity contribution >= 4 is 52.1 Å². The Kier molecular flexibility index (Phi) is 24.5. The Labute approximate surface area is 476 Å². The van der Waals surface area contributed by atoms with Gasteiger partial charge in [-0.3, -0.25) is 4.55 Å². The van der Waals surface area contributed by atoms with Gasteiger partial charge in [-0.25, -0.2) is 16.8 Å². The van der Waals surface area contributed by atoms with Gasteiger partial charge in [0.25, 0.3) is 0 Å². The van der Waals surface area contributed by atoms with E-state index in [9.17, 15) is 140 Å². The third kappa shape index (κ3) is 17.0. The summed E-state index contributed by atoms with van der Waals surface area (Å²) in [6, 6.07) is 64.3. The molecule has 0 amide bonds. The standard InChI is InChI=1S/2C18H15S.2C4HF9O3S.C4H4F6O3S/c2*1-4-10-16(11-5-1)19(17-12-6-2-7-13-17)18-14-8-3-9-15-18;2*5-1(6,3(9,10)11)2(7,8)4(12,13)17(14,15)16;1-2(5,6)3(7,8)4(9,10)14(11,12)13/h2*1-15H;2*(H,14,15,16);1H3,(H,11,12,13)/q2*+1;;;/p-2. The molecule has 0 aliphatic carbocycles. The first-order valence-corrected chi connectivity index (χ1v) is 28.6. The monoisotopic (exact) mass is 1370 g/mol. The van der Waals surface area contributed by atoms with Crippen molar-refractivity contribution < 1.29 is 144 Å². The Balaban J connectivity index is 0.000000369. The van der Waals surface area contributed by atoms with E-state index in [1.807, 2.05) is 0 Å². The summed E-state index contributed by atoms with van der Waals surface area (Å²) < 4.78 is 370. The Bertz CT molecular complexity index is 3040. The molecule has 0 aromatic heterocycles. The fourth-order valence-corrected chi connectivity index (χ4v) is 11.2. The van der Waals surface area contributed by atoms with Crippen molar-refractivity contribution in [2.75, 3.05) is 0 Å². The molecule has 6 rings (SSSR count). The Morgan fingerprint density at radius 1 is 0.291 bits per heavy atom. The molecule has 86 heavy (non-hydrogen) atoms. The lowest BCUT2D eigenvalue weighted by Gasteiger charge is -2.34. The van der Waals surface area contributed by atoms with Gasteiger partial charge in [0.05, 0.1) is 21.8 Å². The van der Waals surface area contributed by atoms with Crippen LogP contribution in [-0.2, 0) is 52.1 Å². The first-order chi connectivity index (χ1) is 38.6.